The molecule has 1 rings (SSSR count). The van der Waals surface area contributed by atoms with E-state index in [9.17, 15) is 9.59 Å². The average molecular weight is 174 g/mol. The molecule has 1 aliphatic rings. The van der Waals surface area contributed by atoms with Gasteiger partial charge in [-0.1, -0.05) is 11.6 Å². The SMILES string of the molecule is O=C(O)C1=CN=C(Cl)CC1=O. The largest absolute Gasteiger partial charge is 0.478 e. The highest BCUT2D eigenvalue weighted by atomic mass is 35.5. The Bertz CT molecular complexity index is 280. The van der Waals surface area contributed by atoms with Crippen LogP contribution in [0.5, 0.6) is 0 Å². The Morgan fingerprint density at radius 3 is 2.82 bits per heavy atom. The van der Waals surface area contributed by atoms with Gasteiger partial charge in [0.25, 0.3) is 0 Å². The normalized spacial score (nSPS) is 17.4. The topological polar surface area (TPSA) is 66.7 Å². The molecule has 0 radical (unpaired) electrons. The number of hydrogen-bond donors (Lipinski definition) is 1. The number of carboxylic acids is 1. The minimum Gasteiger partial charge on any atom is -0.478 e. The lowest BCUT2D eigenvalue weighted by atomic mass is 10.1. The first-order valence-electron chi connectivity index (χ1n) is 2.80. The average Bonchev–Trinajstić information content (AvgIpc) is 1.85. The highest BCUT2D eigenvalue weighted by Crippen LogP contribution is 2.10. The van der Waals surface area contributed by atoms with Gasteiger partial charge in [-0.2, -0.15) is 0 Å². The van der Waals surface area contributed by atoms with Crippen molar-refractivity contribution >= 4 is 28.5 Å². The summed E-state index contributed by atoms with van der Waals surface area (Å²) < 4.78 is 0. The summed E-state index contributed by atoms with van der Waals surface area (Å²) in [7, 11) is 0. The second-order valence-corrected chi connectivity index (χ2v) is 2.39. The number of ketones is 1. The van der Waals surface area contributed by atoms with Crippen LogP contribution in [0.15, 0.2) is 16.8 Å². The maximum atomic E-state index is 10.8. The molecule has 1 N–H and O–H groups in total. The van der Waals surface area contributed by atoms with E-state index in [1.807, 2.05) is 0 Å². The molecule has 11 heavy (non-hydrogen) atoms. The van der Waals surface area contributed by atoms with Crippen molar-refractivity contribution in [1.29, 1.82) is 0 Å². The molecule has 0 unspecified atom stereocenters. The van der Waals surface area contributed by atoms with Crippen molar-refractivity contribution in [2.75, 3.05) is 0 Å². The van der Waals surface area contributed by atoms with E-state index in [-0.39, 0.29) is 17.2 Å². The van der Waals surface area contributed by atoms with Crippen LogP contribution in [-0.2, 0) is 9.59 Å². The standard InChI is InChI=1S/C6H4ClNO3/c7-5-1-4(9)3(2-8-5)6(10)11/h2H,1H2,(H,10,11). The van der Waals surface area contributed by atoms with Gasteiger partial charge in [-0.05, 0) is 0 Å². The zero-order valence-corrected chi connectivity index (χ0v) is 6.13. The molecule has 0 aromatic heterocycles. The van der Waals surface area contributed by atoms with Crippen molar-refractivity contribution in [3.8, 4) is 0 Å². The van der Waals surface area contributed by atoms with Gasteiger partial charge >= 0.3 is 5.97 Å². The first kappa shape index (κ1) is 7.94. The molecule has 5 heteroatoms. The molecule has 0 amide bonds. The molecule has 0 saturated heterocycles. The van der Waals surface area contributed by atoms with E-state index in [0.717, 1.165) is 6.20 Å². The van der Waals surface area contributed by atoms with Crippen LogP contribution in [0, 0.1) is 0 Å². The smallest absolute Gasteiger partial charge is 0.340 e. The van der Waals surface area contributed by atoms with E-state index in [2.05, 4.69) is 4.99 Å². The van der Waals surface area contributed by atoms with Crippen molar-refractivity contribution in [3.63, 3.8) is 0 Å². The molecule has 0 saturated carbocycles. The van der Waals surface area contributed by atoms with Gasteiger partial charge in [-0.15, -0.1) is 0 Å². The summed E-state index contributed by atoms with van der Waals surface area (Å²) in [6.45, 7) is 0. The van der Waals surface area contributed by atoms with Crippen LogP contribution in [0.4, 0.5) is 0 Å². The molecule has 0 bridgehead atoms. The van der Waals surface area contributed by atoms with Crippen LogP contribution in [-0.4, -0.2) is 22.0 Å². The van der Waals surface area contributed by atoms with Crippen molar-refractivity contribution < 1.29 is 14.7 Å². The zero-order chi connectivity index (χ0) is 8.43. The molecule has 0 aliphatic carbocycles. The van der Waals surface area contributed by atoms with E-state index in [1.165, 1.54) is 0 Å². The molecule has 0 aromatic rings. The van der Waals surface area contributed by atoms with Gasteiger partial charge in [-0.3, -0.25) is 4.79 Å². The number of aliphatic imine (C=N–C) groups is 1. The van der Waals surface area contributed by atoms with Crippen LogP contribution >= 0.6 is 11.6 Å². The van der Waals surface area contributed by atoms with Gasteiger partial charge in [-0.25, -0.2) is 9.79 Å². The summed E-state index contributed by atoms with van der Waals surface area (Å²) in [6, 6.07) is 0. The molecule has 0 spiro atoms. The van der Waals surface area contributed by atoms with Crippen LogP contribution in [0.2, 0.25) is 0 Å². The van der Waals surface area contributed by atoms with Gasteiger partial charge in [0.15, 0.2) is 5.78 Å². The fourth-order valence-corrected chi connectivity index (χ4v) is 0.825. The first-order chi connectivity index (χ1) is 5.11. The number of carboxylic acid groups (broad SMARTS) is 1. The van der Waals surface area contributed by atoms with Gasteiger partial charge in [0.05, 0.1) is 6.42 Å². The van der Waals surface area contributed by atoms with Crippen molar-refractivity contribution in [3.05, 3.63) is 11.8 Å². The Balaban J connectivity index is 2.96. The molecule has 58 valence electrons. The quantitative estimate of drug-likeness (QED) is 0.590. The highest BCUT2D eigenvalue weighted by Gasteiger charge is 2.21. The predicted molar refractivity (Wildman–Crippen MR) is 38.6 cm³/mol. The second-order valence-electron chi connectivity index (χ2n) is 1.95. The molecule has 4 nitrogen and oxygen atoms in total. The Kier molecular flexibility index (Phi) is 2.05. The summed E-state index contributed by atoms with van der Waals surface area (Å²) >= 11 is 5.37. The summed E-state index contributed by atoms with van der Waals surface area (Å²) in [4.78, 5) is 24.6. The Hall–Kier alpha value is -1.16. The molecule has 1 heterocycles. The number of hydrogen-bond acceptors (Lipinski definition) is 3. The fraction of sp³-hybridized carbons (Fsp3) is 0.167. The number of carbonyl (C=O) groups excluding carboxylic acids is 1. The van der Waals surface area contributed by atoms with Gasteiger partial charge < -0.3 is 5.11 Å². The van der Waals surface area contributed by atoms with Crippen molar-refractivity contribution in [2.45, 2.75) is 6.42 Å². The minimum atomic E-state index is -1.26. The maximum absolute atomic E-state index is 10.8. The minimum absolute atomic E-state index is 0.111. The second kappa shape index (κ2) is 2.84. The van der Waals surface area contributed by atoms with Gasteiger partial charge in [0.2, 0.25) is 0 Å². The number of aliphatic carboxylic acids is 1. The Morgan fingerprint density at radius 1 is 1.73 bits per heavy atom. The van der Waals surface area contributed by atoms with Crippen molar-refractivity contribution in [1.82, 2.24) is 0 Å². The molecular formula is C6H4ClNO3. The number of carbonyl (C=O) groups is 2. The molecule has 1 aliphatic heterocycles. The molecule has 0 atom stereocenters. The molecule has 0 fully saturated rings. The molecular weight excluding hydrogens is 170 g/mol. The van der Waals surface area contributed by atoms with Crippen LogP contribution in [0.25, 0.3) is 0 Å². The summed E-state index contributed by atoms with van der Waals surface area (Å²) in [5.41, 5.74) is -0.311. The van der Waals surface area contributed by atoms with E-state index >= 15 is 0 Å². The number of rotatable bonds is 1. The third kappa shape index (κ3) is 1.65. The van der Waals surface area contributed by atoms with E-state index in [1.54, 1.807) is 0 Å². The monoisotopic (exact) mass is 173 g/mol. The van der Waals surface area contributed by atoms with E-state index in [0.29, 0.717) is 0 Å². The first-order valence-corrected chi connectivity index (χ1v) is 3.18. The van der Waals surface area contributed by atoms with E-state index < -0.39 is 11.8 Å². The van der Waals surface area contributed by atoms with Gasteiger partial charge in [0, 0.05) is 6.20 Å². The summed E-state index contributed by atoms with van der Waals surface area (Å²) in [6.07, 6.45) is 0.857. The van der Waals surface area contributed by atoms with Crippen molar-refractivity contribution in [2.24, 2.45) is 4.99 Å². The lowest BCUT2D eigenvalue weighted by Gasteiger charge is -2.03. The Labute approximate surface area is 67.2 Å². The van der Waals surface area contributed by atoms with E-state index in [4.69, 9.17) is 16.7 Å². The lowest BCUT2D eigenvalue weighted by molar-refractivity contribution is -0.134. The third-order valence-electron chi connectivity index (χ3n) is 1.17. The predicted octanol–water partition coefficient (Wildman–Crippen LogP) is 0.565. The maximum Gasteiger partial charge on any atom is 0.340 e. The number of halogens is 1. The Morgan fingerprint density at radius 2 is 2.36 bits per heavy atom. The van der Waals surface area contributed by atoms with Gasteiger partial charge in [0.1, 0.15) is 10.7 Å². The van der Waals surface area contributed by atoms with Crippen LogP contribution < -0.4 is 0 Å². The third-order valence-corrected chi connectivity index (χ3v) is 1.40. The van der Waals surface area contributed by atoms with Crippen LogP contribution in [0.1, 0.15) is 6.42 Å². The zero-order valence-electron chi connectivity index (χ0n) is 5.37. The number of Topliss-reactive ketones (excluding diaryl/α,β-unsaturated/α-hetero) is 1. The summed E-state index contributed by atoms with van der Waals surface area (Å²) in [5, 5.41) is 8.52. The lowest BCUT2D eigenvalue weighted by Crippen LogP contribution is -2.16. The molecule has 0 aromatic carbocycles. The summed E-state index contributed by atoms with van der Waals surface area (Å²) in [5.74, 6) is -1.76. The number of nitrogens with zero attached hydrogens (tertiary/aromatic N) is 1. The highest BCUT2D eigenvalue weighted by molar-refractivity contribution is 6.67. The fourth-order valence-electron chi connectivity index (χ4n) is 0.654. The van der Waals surface area contributed by atoms with Crippen LogP contribution in [0.3, 0.4) is 0 Å².